The summed E-state index contributed by atoms with van der Waals surface area (Å²) in [6.45, 7) is 0. The molecule has 1 aromatic carbocycles. The van der Waals surface area contributed by atoms with E-state index in [1.54, 1.807) is 23.0 Å². The molecule has 4 rings (SSSR count). The number of carbonyl (C=O) groups excluding carboxylic acids is 1. The Balaban J connectivity index is 1.70. The number of aromatic nitrogens is 4. The second kappa shape index (κ2) is 5.52. The van der Waals surface area contributed by atoms with Gasteiger partial charge in [-0.2, -0.15) is 5.10 Å². The topological polar surface area (TPSA) is 72.7 Å². The lowest BCUT2D eigenvalue weighted by molar-refractivity contribution is -0.117. The van der Waals surface area contributed by atoms with Crippen LogP contribution in [-0.2, 0) is 11.8 Å². The Morgan fingerprint density at radius 3 is 2.79 bits per heavy atom. The number of hydrogen-bond donors (Lipinski definition) is 1. The monoisotopic (exact) mass is 345 g/mol. The molecule has 0 aliphatic heterocycles. The van der Waals surface area contributed by atoms with Crippen LogP contribution in [0.2, 0.25) is 5.02 Å². The third-order valence-electron chi connectivity index (χ3n) is 3.98. The predicted molar refractivity (Wildman–Crippen MR) is 88.4 cm³/mol. The predicted octanol–water partition coefficient (Wildman–Crippen LogP) is 2.98. The van der Waals surface area contributed by atoms with Crippen LogP contribution in [0.4, 0.5) is 10.2 Å². The van der Waals surface area contributed by atoms with Crippen LogP contribution < -0.4 is 5.32 Å². The van der Waals surface area contributed by atoms with Gasteiger partial charge < -0.3 is 5.32 Å². The Bertz CT molecular complexity index is 957. The van der Waals surface area contributed by atoms with Crippen LogP contribution in [-0.4, -0.2) is 32.1 Å². The largest absolute Gasteiger partial charge is 0.309 e. The van der Waals surface area contributed by atoms with Crippen molar-refractivity contribution in [3.8, 4) is 11.1 Å². The van der Waals surface area contributed by atoms with Gasteiger partial charge in [-0.3, -0.25) is 9.48 Å². The van der Waals surface area contributed by atoms with Crippen molar-refractivity contribution in [1.29, 1.82) is 0 Å². The second-order valence-electron chi connectivity index (χ2n) is 5.88. The summed E-state index contributed by atoms with van der Waals surface area (Å²) < 4.78 is 14.7. The van der Waals surface area contributed by atoms with E-state index >= 15 is 0 Å². The van der Waals surface area contributed by atoms with Crippen molar-refractivity contribution in [2.45, 2.75) is 12.6 Å². The van der Waals surface area contributed by atoms with Gasteiger partial charge in [0.2, 0.25) is 5.91 Å². The number of hydrogen-bond acceptors (Lipinski definition) is 4. The number of anilines is 1. The van der Waals surface area contributed by atoms with E-state index in [-0.39, 0.29) is 18.1 Å². The lowest BCUT2D eigenvalue weighted by Gasteiger charge is -2.07. The molecule has 0 bridgehead atoms. The third-order valence-corrected chi connectivity index (χ3v) is 4.27. The van der Waals surface area contributed by atoms with Crippen molar-refractivity contribution < 1.29 is 9.18 Å². The van der Waals surface area contributed by atoms with E-state index in [9.17, 15) is 9.18 Å². The molecular weight excluding hydrogens is 333 g/mol. The highest BCUT2D eigenvalue weighted by Gasteiger charge is 2.43. The van der Waals surface area contributed by atoms with Crippen molar-refractivity contribution >= 4 is 34.2 Å². The lowest BCUT2D eigenvalue weighted by atomic mass is 10.1. The molecule has 1 N–H and O–H groups in total. The van der Waals surface area contributed by atoms with Crippen LogP contribution in [0.25, 0.3) is 22.0 Å². The van der Waals surface area contributed by atoms with Crippen LogP contribution in [0, 0.1) is 5.92 Å². The Morgan fingerprint density at radius 2 is 2.12 bits per heavy atom. The number of benzene rings is 1. The molecule has 2 atom stereocenters. The summed E-state index contributed by atoms with van der Waals surface area (Å²) >= 11 is 6.29. The Hall–Kier alpha value is -2.54. The number of halogens is 2. The van der Waals surface area contributed by atoms with E-state index in [0.29, 0.717) is 10.5 Å². The normalized spacial score (nSPS) is 19.5. The van der Waals surface area contributed by atoms with Gasteiger partial charge in [-0.15, -0.1) is 10.2 Å². The first kappa shape index (κ1) is 15.0. The molecule has 1 aliphatic carbocycles. The van der Waals surface area contributed by atoms with E-state index in [1.807, 2.05) is 19.3 Å². The quantitative estimate of drug-likeness (QED) is 0.792. The Morgan fingerprint density at radius 1 is 1.33 bits per heavy atom. The molecule has 2 aromatic heterocycles. The second-order valence-corrected chi connectivity index (χ2v) is 6.28. The van der Waals surface area contributed by atoms with Crippen LogP contribution >= 0.6 is 11.6 Å². The molecule has 1 amide bonds. The first-order chi connectivity index (χ1) is 11.5. The van der Waals surface area contributed by atoms with Gasteiger partial charge in [0.25, 0.3) is 0 Å². The third kappa shape index (κ3) is 2.71. The SMILES string of the molecule is Cn1cc(-c2cc(Cl)c3nnc(NC(=O)C4CC4F)cc3c2)cn1. The van der Waals surface area contributed by atoms with Gasteiger partial charge in [0.1, 0.15) is 11.7 Å². The van der Waals surface area contributed by atoms with Crippen molar-refractivity contribution in [1.82, 2.24) is 20.0 Å². The first-order valence-corrected chi connectivity index (χ1v) is 7.80. The van der Waals surface area contributed by atoms with Gasteiger partial charge in [-0.25, -0.2) is 4.39 Å². The molecule has 24 heavy (non-hydrogen) atoms. The van der Waals surface area contributed by atoms with Crippen molar-refractivity contribution in [3.05, 3.63) is 35.6 Å². The number of aryl methyl sites for hydroxylation is 1. The minimum Gasteiger partial charge on any atom is -0.309 e. The smallest absolute Gasteiger partial charge is 0.231 e. The minimum absolute atomic E-state index is 0.268. The fourth-order valence-electron chi connectivity index (χ4n) is 2.57. The standard InChI is InChI=1S/C16H13ClFN5O/c1-23-7-10(6-19-23)8-2-9-4-14(20-16(24)11-5-13(11)18)21-22-15(9)12(17)3-8/h2-4,6-7,11,13H,5H2,1H3,(H,20,21,24). The van der Waals surface area contributed by atoms with E-state index in [1.165, 1.54) is 0 Å². The molecule has 2 heterocycles. The molecular formula is C16H13ClFN5O. The fraction of sp³-hybridized carbons (Fsp3) is 0.250. The fourth-order valence-corrected chi connectivity index (χ4v) is 2.83. The number of nitrogens with zero attached hydrogens (tertiary/aromatic N) is 4. The molecule has 6 nitrogen and oxygen atoms in total. The number of carbonyl (C=O) groups is 1. The molecule has 8 heteroatoms. The molecule has 1 saturated carbocycles. The summed E-state index contributed by atoms with van der Waals surface area (Å²) in [7, 11) is 1.83. The summed E-state index contributed by atoms with van der Waals surface area (Å²) in [5.41, 5.74) is 2.34. The number of nitrogens with one attached hydrogen (secondary N) is 1. The van der Waals surface area contributed by atoms with Crippen LogP contribution in [0.3, 0.4) is 0 Å². The van der Waals surface area contributed by atoms with Crippen LogP contribution in [0.5, 0.6) is 0 Å². The van der Waals surface area contributed by atoms with Crippen LogP contribution in [0.15, 0.2) is 30.6 Å². The van der Waals surface area contributed by atoms with Gasteiger partial charge in [0.15, 0.2) is 5.82 Å². The van der Waals surface area contributed by atoms with Gasteiger partial charge >= 0.3 is 0 Å². The maximum absolute atomic E-state index is 13.0. The van der Waals surface area contributed by atoms with Gasteiger partial charge in [0, 0.05) is 24.2 Å². The summed E-state index contributed by atoms with van der Waals surface area (Å²) in [6.07, 6.45) is 2.83. The molecule has 2 unspecified atom stereocenters. The van der Waals surface area contributed by atoms with Gasteiger partial charge in [-0.1, -0.05) is 11.6 Å². The number of fused-ring (bicyclic) bond motifs is 1. The van der Waals surface area contributed by atoms with E-state index in [2.05, 4.69) is 20.6 Å². The van der Waals surface area contributed by atoms with Crippen molar-refractivity contribution in [2.75, 3.05) is 5.32 Å². The van der Waals surface area contributed by atoms with Gasteiger partial charge in [0.05, 0.1) is 17.1 Å². The highest BCUT2D eigenvalue weighted by atomic mass is 35.5. The zero-order valence-corrected chi connectivity index (χ0v) is 13.5. The number of rotatable bonds is 3. The average molecular weight is 346 g/mol. The molecule has 0 radical (unpaired) electrons. The maximum atomic E-state index is 13.0. The summed E-state index contributed by atoms with van der Waals surface area (Å²) in [4.78, 5) is 11.8. The summed E-state index contributed by atoms with van der Waals surface area (Å²) in [5.74, 6) is -0.663. The first-order valence-electron chi connectivity index (χ1n) is 7.42. The number of amides is 1. The van der Waals surface area contributed by atoms with Gasteiger partial charge in [-0.05, 0) is 30.2 Å². The highest BCUT2D eigenvalue weighted by molar-refractivity contribution is 6.35. The minimum atomic E-state index is -1.05. The molecule has 0 saturated heterocycles. The van der Waals surface area contributed by atoms with Crippen LogP contribution in [0.1, 0.15) is 6.42 Å². The highest BCUT2D eigenvalue weighted by Crippen LogP contribution is 2.35. The zero-order chi connectivity index (χ0) is 16.8. The van der Waals surface area contributed by atoms with Crippen molar-refractivity contribution in [3.63, 3.8) is 0 Å². The Labute approximate surface area is 141 Å². The molecule has 0 spiro atoms. The summed E-state index contributed by atoms with van der Waals surface area (Å²) in [5, 5.41) is 15.9. The average Bonchev–Trinajstić information content (AvgIpc) is 3.12. The maximum Gasteiger partial charge on any atom is 0.231 e. The molecule has 1 aliphatic rings. The van der Waals surface area contributed by atoms with E-state index < -0.39 is 12.1 Å². The van der Waals surface area contributed by atoms with Crippen molar-refractivity contribution in [2.24, 2.45) is 13.0 Å². The summed E-state index contributed by atoms with van der Waals surface area (Å²) in [6, 6.07) is 5.38. The number of alkyl halides is 1. The van der Waals surface area contributed by atoms with E-state index in [4.69, 9.17) is 11.6 Å². The lowest BCUT2D eigenvalue weighted by Crippen LogP contribution is -2.16. The molecule has 3 aromatic rings. The van der Waals surface area contributed by atoms with E-state index in [0.717, 1.165) is 16.5 Å². The molecule has 1 fully saturated rings. The molecule has 122 valence electrons. The Kier molecular flexibility index (Phi) is 3.45. The zero-order valence-electron chi connectivity index (χ0n) is 12.7.